The van der Waals surface area contributed by atoms with Crippen molar-refractivity contribution in [2.75, 3.05) is 13.2 Å². The highest BCUT2D eigenvalue weighted by molar-refractivity contribution is 8.00. The molecule has 0 saturated carbocycles. The van der Waals surface area contributed by atoms with Crippen molar-refractivity contribution in [1.82, 2.24) is 19.7 Å². The fraction of sp³-hybridized carbons (Fsp3) is 0.538. The lowest BCUT2D eigenvalue weighted by Crippen LogP contribution is -2.21. The molecule has 2 aromatic heterocycles. The van der Waals surface area contributed by atoms with Crippen molar-refractivity contribution in [1.29, 1.82) is 0 Å². The summed E-state index contributed by atoms with van der Waals surface area (Å²) in [5, 5.41) is 13.3. The summed E-state index contributed by atoms with van der Waals surface area (Å²) < 4.78 is 6.46. The molecule has 2 N–H and O–H groups in total. The Balaban J connectivity index is 2.33. The van der Waals surface area contributed by atoms with Crippen LogP contribution in [0, 0.1) is 0 Å². The van der Waals surface area contributed by atoms with Gasteiger partial charge in [0.1, 0.15) is 10.6 Å². The second kappa shape index (κ2) is 7.41. The molecule has 0 aromatic carbocycles. The van der Waals surface area contributed by atoms with E-state index in [1.165, 1.54) is 10.9 Å². The summed E-state index contributed by atoms with van der Waals surface area (Å²) in [7, 11) is 0. The number of thioether (sulfide) groups is 1. The molecule has 1 unspecified atom stereocenters. The number of nitrogens with one attached hydrogen (secondary N) is 1. The summed E-state index contributed by atoms with van der Waals surface area (Å²) in [5.74, 6) is -0.332. The molecule has 22 heavy (non-hydrogen) atoms. The van der Waals surface area contributed by atoms with Gasteiger partial charge in [-0.3, -0.25) is 9.59 Å². The van der Waals surface area contributed by atoms with Gasteiger partial charge in [0, 0.05) is 0 Å². The number of aliphatic hydroxyl groups excluding tert-OH is 1. The standard InChI is InChI=1S/C13H18N4O4S/c1-3-9(12(20)21-4-2)22-13-15-10-8(11(19)16-13)7-14-17(10)5-6-18/h7,9,18H,3-6H2,1-2H3,(H,15,16,19). The van der Waals surface area contributed by atoms with E-state index in [0.717, 1.165) is 11.8 Å². The van der Waals surface area contributed by atoms with Crippen molar-refractivity contribution in [3.63, 3.8) is 0 Å². The topological polar surface area (TPSA) is 110 Å². The Bertz CT molecular complexity index is 712. The zero-order chi connectivity index (χ0) is 16.1. The molecule has 0 radical (unpaired) electrons. The van der Waals surface area contributed by atoms with Gasteiger partial charge in [0.15, 0.2) is 10.8 Å². The lowest BCUT2D eigenvalue weighted by molar-refractivity contribution is -0.142. The van der Waals surface area contributed by atoms with E-state index >= 15 is 0 Å². The van der Waals surface area contributed by atoms with Crippen LogP contribution in [-0.2, 0) is 16.1 Å². The zero-order valence-electron chi connectivity index (χ0n) is 12.4. The lowest BCUT2D eigenvalue weighted by atomic mass is 10.3. The number of aromatic amines is 1. The van der Waals surface area contributed by atoms with Crippen LogP contribution in [0.3, 0.4) is 0 Å². The number of aromatic nitrogens is 4. The maximum absolute atomic E-state index is 12.0. The average molecular weight is 326 g/mol. The smallest absolute Gasteiger partial charge is 0.319 e. The summed E-state index contributed by atoms with van der Waals surface area (Å²) in [6.45, 7) is 4.06. The minimum absolute atomic E-state index is 0.103. The third-order valence-corrected chi connectivity index (χ3v) is 4.20. The fourth-order valence-corrected chi connectivity index (χ4v) is 2.82. The Hall–Kier alpha value is -1.87. The lowest BCUT2D eigenvalue weighted by Gasteiger charge is -2.12. The first-order valence-corrected chi connectivity index (χ1v) is 7.88. The molecule has 0 spiro atoms. The molecule has 8 nitrogen and oxygen atoms in total. The van der Waals surface area contributed by atoms with E-state index in [4.69, 9.17) is 9.84 Å². The van der Waals surface area contributed by atoms with Gasteiger partial charge in [-0.2, -0.15) is 5.10 Å². The number of nitrogens with zero attached hydrogens (tertiary/aromatic N) is 3. The number of aliphatic hydroxyl groups is 1. The third kappa shape index (κ3) is 3.47. The van der Waals surface area contributed by atoms with E-state index in [0.29, 0.717) is 29.2 Å². The second-order valence-electron chi connectivity index (χ2n) is 4.47. The number of esters is 1. The van der Waals surface area contributed by atoms with Crippen molar-refractivity contribution in [3.8, 4) is 0 Å². The number of H-pyrrole nitrogens is 1. The molecule has 120 valence electrons. The molecule has 0 aliphatic heterocycles. The summed E-state index contributed by atoms with van der Waals surface area (Å²) in [5.41, 5.74) is 0.0643. The summed E-state index contributed by atoms with van der Waals surface area (Å²) in [4.78, 5) is 30.8. The van der Waals surface area contributed by atoms with Crippen molar-refractivity contribution in [3.05, 3.63) is 16.6 Å². The predicted molar refractivity (Wildman–Crippen MR) is 81.8 cm³/mol. The molecule has 2 heterocycles. The van der Waals surface area contributed by atoms with Gasteiger partial charge >= 0.3 is 5.97 Å². The van der Waals surface area contributed by atoms with Crippen LogP contribution < -0.4 is 5.56 Å². The number of carbonyl (C=O) groups excluding carboxylic acids is 1. The van der Waals surface area contributed by atoms with E-state index < -0.39 is 5.25 Å². The first-order chi connectivity index (χ1) is 10.6. The highest BCUT2D eigenvalue weighted by Crippen LogP contribution is 2.23. The van der Waals surface area contributed by atoms with Gasteiger partial charge in [-0.25, -0.2) is 9.67 Å². The second-order valence-corrected chi connectivity index (χ2v) is 5.66. The molecule has 2 aromatic rings. The van der Waals surface area contributed by atoms with E-state index in [2.05, 4.69) is 15.1 Å². The van der Waals surface area contributed by atoms with Crippen LogP contribution in [0.25, 0.3) is 11.0 Å². The van der Waals surface area contributed by atoms with Gasteiger partial charge in [-0.15, -0.1) is 0 Å². The number of hydrogen-bond acceptors (Lipinski definition) is 7. The molecule has 0 saturated heterocycles. The van der Waals surface area contributed by atoms with Crippen LogP contribution in [0.2, 0.25) is 0 Å². The molecule has 1 atom stereocenters. The largest absolute Gasteiger partial charge is 0.465 e. The van der Waals surface area contributed by atoms with E-state index in [-0.39, 0.29) is 24.7 Å². The Morgan fingerprint density at radius 2 is 2.32 bits per heavy atom. The van der Waals surface area contributed by atoms with Gasteiger partial charge in [-0.05, 0) is 13.3 Å². The van der Waals surface area contributed by atoms with E-state index in [9.17, 15) is 9.59 Å². The first kappa shape index (κ1) is 16.5. The normalized spacial score (nSPS) is 12.5. The van der Waals surface area contributed by atoms with Crippen LogP contribution >= 0.6 is 11.8 Å². The Kier molecular flexibility index (Phi) is 5.56. The number of carbonyl (C=O) groups is 1. The van der Waals surface area contributed by atoms with Gasteiger partial charge < -0.3 is 14.8 Å². The Morgan fingerprint density at radius 3 is 2.95 bits per heavy atom. The molecule has 0 aliphatic carbocycles. The number of hydrogen-bond donors (Lipinski definition) is 2. The summed E-state index contributed by atoms with van der Waals surface area (Å²) >= 11 is 1.15. The molecular formula is C13H18N4O4S. The molecule has 0 fully saturated rings. The van der Waals surface area contributed by atoms with Crippen LogP contribution in [0.5, 0.6) is 0 Å². The molecule has 0 aliphatic rings. The first-order valence-electron chi connectivity index (χ1n) is 7.00. The molecule has 0 bridgehead atoms. The Morgan fingerprint density at radius 1 is 1.55 bits per heavy atom. The molecule has 2 rings (SSSR count). The number of ether oxygens (including phenoxy) is 1. The summed E-state index contributed by atoms with van der Waals surface area (Å²) in [6.07, 6.45) is 1.97. The van der Waals surface area contributed by atoms with E-state index in [1.54, 1.807) is 6.92 Å². The number of fused-ring (bicyclic) bond motifs is 1. The predicted octanol–water partition coefficient (Wildman–Crippen LogP) is 0.546. The van der Waals surface area contributed by atoms with Crippen molar-refractivity contribution in [2.24, 2.45) is 0 Å². The maximum Gasteiger partial charge on any atom is 0.319 e. The van der Waals surface area contributed by atoms with Crippen LogP contribution in [-0.4, -0.2) is 49.3 Å². The third-order valence-electron chi connectivity index (χ3n) is 2.97. The van der Waals surface area contributed by atoms with Gasteiger partial charge in [0.2, 0.25) is 0 Å². The molecule has 0 amide bonds. The highest BCUT2D eigenvalue weighted by Gasteiger charge is 2.21. The average Bonchev–Trinajstić information content (AvgIpc) is 2.89. The minimum atomic E-state index is -0.435. The van der Waals surface area contributed by atoms with Gasteiger partial charge in [-0.1, -0.05) is 18.7 Å². The number of rotatable bonds is 7. The van der Waals surface area contributed by atoms with Crippen LogP contribution in [0.1, 0.15) is 20.3 Å². The van der Waals surface area contributed by atoms with E-state index in [1.807, 2.05) is 6.92 Å². The highest BCUT2D eigenvalue weighted by atomic mass is 32.2. The van der Waals surface area contributed by atoms with Gasteiger partial charge in [0.05, 0.1) is 26.0 Å². The molecular weight excluding hydrogens is 308 g/mol. The minimum Gasteiger partial charge on any atom is -0.465 e. The zero-order valence-corrected chi connectivity index (χ0v) is 13.2. The van der Waals surface area contributed by atoms with Crippen molar-refractivity contribution >= 4 is 28.8 Å². The fourth-order valence-electron chi connectivity index (χ4n) is 1.93. The maximum atomic E-state index is 12.0. The van der Waals surface area contributed by atoms with Crippen molar-refractivity contribution in [2.45, 2.75) is 37.2 Å². The SMILES string of the molecule is CCOC(=O)C(CC)Sc1nc2c(cnn2CCO)c(=O)[nH]1. The Labute approximate surface area is 130 Å². The molecule has 9 heteroatoms. The quantitative estimate of drug-likeness (QED) is 0.434. The van der Waals surface area contributed by atoms with Crippen molar-refractivity contribution < 1.29 is 14.6 Å². The summed E-state index contributed by atoms with van der Waals surface area (Å²) in [6, 6.07) is 0. The monoisotopic (exact) mass is 326 g/mol. The van der Waals surface area contributed by atoms with Gasteiger partial charge in [0.25, 0.3) is 5.56 Å². The van der Waals surface area contributed by atoms with Crippen LogP contribution in [0.15, 0.2) is 16.1 Å². The van der Waals surface area contributed by atoms with Crippen LogP contribution in [0.4, 0.5) is 0 Å².